The molecule has 2 saturated heterocycles. The lowest BCUT2D eigenvalue weighted by Gasteiger charge is -2.39. The SMILES string of the molecule is N#Cc1ccc(N2CCN3C(=O)CCC3C2)cc1Br. The van der Waals surface area contributed by atoms with Crippen molar-refractivity contribution in [3.63, 3.8) is 0 Å². The van der Waals surface area contributed by atoms with Crippen molar-refractivity contribution in [1.82, 2.24) is 4.90 Å². The minimum absolute atomic E-state index is 0.297. The average molecular weight is 320 g/mol. The Morgan fingerprint density at radius 1 is 1.37 bits per heavy atom. The molecule has 0 spiro atoms. The number of benzene rings is 1. The predicted octanol–water partition coefficient (Wildman–Crippen LogP) is 2.13. The van der Waals surface area contributed by atoms with Gasteiger partial charge in [0.1, 0.15) is 6.07 Å². The summed E-state index contributed by atoms with van der Waals surface area (Å²) < 4.78 is 0.831. The van der Waals surface area contributed by atoms with E-state index in [0.29, 0.717) is 23.9 Å². The number of amides is 1. The van der Waals surface area contributed by atoms with E-state index in [1.54, 1.807) is 0 Å². The molecule has 0 aliphatic carbocycles. The van der Waals surface area contributed by atoms with Gasteiger partial charge in [0.05, 0.1) is 5.56 Å². The van der Waals surface area contributed by atoms with Crippen LogP contribution in [0.1, 0.15) is 18.4 Å². The summed E-state index contributed by atoms with van der Waals surface area (Å²) in [5.74, 6) is 0.297. The number of halogens is 1. The van der Waals surface area contributed by atoms with E-state index in [-0.39, 0.29) is 0 Å². The number of hydrogen-bond acceptors (Lipinski definition) is 3. The summed E-state index contributed by atoms with van der Waals surface area (Å²) in [7, 11) is 0. The van der Waals surface area contributed by atoms with Gasteiger partial charge in [-0.1, -0.05) is 0 Å². The Bertz CT molecular complexity index is 566. The van der Waals surface area contributed by atoms with Crippen molar-refractivity contribution in [2.75, 3.05) is 24.5 Å². The lowest BCUT2D eigenvalue weighted by Crippen LogP contribution is -2.51. The first-order valence-corrected chi connectivity index (χ1v) is 7.22. The molecule has 5 heteroatoms. The molecule has 19 heavy (non-hydrogen) atoms. The van der Waals surface area contributed by atoms with Crippen molar-refractivity contribution in [2.24, 2.45) is 0 Å². The number of carbonyl (C=O) groups is 1. The molecule has 1 unspecified atom stereocenters. The van der Waals surface area contributed by atoms with E-state index in [1.807, 2.05) is 23.1 Å². The van der Waals surface area contributed by atoms with Gasteiger partial charge in [-0.15, -0.1) is 0 Å². The summed E-state index contributed by atoms with van der Waals surface area (Å²) >= 11 is 3.43. The van der Waals surface area contributed by atoms with Gasteiger partial charge in [-0.25, -0.2) is 0 Å². The van der Waals surface area contributed by atoms with Crippen molar-refractivity contribution in [2.45, 2.75) is 18.9 Å². The summed E-state index contributed by atoms with van der Waals surface area (Å²) in [5.41, 5.74) is 1.77. The Labute approximate surface area is 120 Å². The summed E-state index contributed by atoms with van der Waals surface area (Å²) in [6.07, 6.45) is 1.66. The Hall–Kier alpha value is -1.54. The number of carbonyl (C=O) groups excluding carboxylic acids is 1. The molecule has 0 N–H and O–H groups in total. The van der Waals surface area contributed by atoms with Crippen LogP contribution < -0.4 is 4.90 Å². The van der Waals surface area contributed by atoms with E-state index in [0.717, 1.165) is 36.2 Å². The molecular weight excluding hydrogens is 306 g/mol. The van der Waals surface area contributed by atoms with Gasteiger partial charge >= 0.3 is 0 Å². The monoisotopic (exact) mass is 319 g/mol. The van der Waals surface area contributed by atoms with Gasteiger partial charge < -0.3 is 9.80 Å². The number of piperazine rings is 1. The molecule has 0 radical (unpaired) electrons. The van der Waals surface area contributed by atoms with Gasteiger partial charge in [0, 0.05) is 42.3 Å². The minimum Gasteiger partial charge on any atom is -0.368 e. The number of nitrogens with zero attached hydrogens (tertiary/aromatic N) is 3. The first-order valence-electron chi connectivity index (χ1n) is 6.43. The van der Waals surface area contributed by atoms with E-state index in [9.17, 15) is 4.79 Å². The predicted molar refractivity (Wildman–Crippen MR) is 75.8 cm³/mol. The first-order chi connectivity index (χ1) is 9.19. The average Bonchev–Trinajstić information content (AvgIpc) is 2.80. The van der Waals surface area contributed by atoms with Gasteiger partial charge in [-0.3, -0.25) is 4.79 Å². The van der Waals surface area contributed by atoms with E-state index in [1.165, 1.54) is 0 Å². The normalized spacial score (nSPS) is 22.3. The highest BCUT2D eigenvalue weighted by atomic mass is 79.9. The lowest BCUT2D eigenvalue weighted by atomic mass is 10.1. The highest BCUT2D eigenvalue weighted by Gasteiger charge is 2.35. The van der Waals surface area contributed by atoms with Gasteiger partial charge in [-0.05, 0) is 40.5 Å². The maximum Gasteiger partial charge on any atom is 0.223 e. The number of fused-ring (bicyclic) bond motifs is 1. The lowest BCUT2D eigenvalue weighted by molar-refractivity contribution is -0.129. The zero-order valence-electron chi connectivity index (χ0n) is 10.5. The van der Waals surface area contributed by atoms with Crippen LogP contribution in [-0.4, -0.2) is 36.5 Å². The van der Waals surface area contributed by atoms with E-state index in [4.69, 9.17) is 5.26 Å². The minimum atomic E-state index is 0.297. The largest absolute Gasteiger partial charge is 0.368 e. The van der Waals surface area contributed by atoms with Crippen LogP contribution in [-0.2, 0) is 4.79 Å². The van der Waals surface area contributed by atoms with Gasteiger partial charge in [-0.2, -0.15) is 5.26 Å². The third kappa shape index (κ3) is 2.21. The van der Waals surface area contributed by atoms with Crippen molar-refractivity contribution in [1.29, 1.82) is 5.26 Å². The fourth-order valence-corrected chi connectivity index (χ4v) is 3.35. The zero-order chi connectivity index (χ0) is 13.4. The van der Waals surface area contributed by atoms with Crippen molar-refractivity contribution >= 4 is 27.5 Å². The molecular formula is C14H14BrN3O. The number of hydrogen-bond donors (Lipinski definition) is 0. The fraction of sp³-hybridized carbons (Fsp3) is 0.429. The topological polar surface area (TPSA) is 47.3 Å². The van der Waals surface area contributed by atoms with Crippen molar-refractivity contribution < 1.29 is 4.79 Å². The molecule has 98 valence electrons. The molecule has 0 aromatic heterocycles. The molecule has 0 bridgehead atoms. The second kappa shape index (κ2) is 4.86. The summed E-state index contributed by atoms with van der Waals surface area (Å²) in [6.45, 7) is 2.56. The van der Waals surface area contributed by atoms with Crippen molar-refractivity contribution in [3.8, 4) is 6.07 Å². The van der Waals surface area contributed by atoms with E-state index in [2.05, 4.69) is 26.9 Å². The zero-order valence-corrected chi connectivity index (χ0v) is 12.1. The molecule has 3 rings (SSSR count). The van der Waals surface area contributed by atoms with Crippen LogP contribution in [0.3, 0.4) is 0 Å². The van der Waals surface area contributed by atoms with Crippen molar-refractivity contribution in [3.05, 3.63) is 28.2 Å². The third-order valence-corrected chi connectivity index (χ3v) is 4.59. The molecule has 0 saturated carbocycles. The van der Waals surface area contributed by atoms with Gasteiger partial charge in [0.15, 0.2) is 0 Å². The van der Waals surface area contributed by atoms with Crippen LogP contribution in [0.15, 0.2) is 22.7 Å². The summed E-state index contributed by atoms with van der Waals surface area (Å²) in [4.78, 5) is 16.0. The smallest absolute Gasteiger partial charge is 0.223 e. The van der Waals surface area contributed by atoms with Crippen LogP contribution in [0.4, 0.5) is 5.69 Å². The van der Waals surface area contributed by atoms with E-state index >= 15 is 0 Å². The number of nitriles is 1. The Morgan fingerprint density at radius 3 is 2.95 bits per heavy atom. The standard InChI is InChI=1S/C14H14BrN3O/c15-13-7-11(2-1-10(13)8-16)17-5-6-18-12(9-17)3-4-14(18)19/h1-2,7,12H,3-6,9H2. The molecule has 1 aromatic rings. The maximum absolute atomic E-state index is 11.7. The van der Waals surface area contributed by atoms with Gasteiger partial charge in [0.25, 0.3) is 0 Å². The molecule has 2 aliphatic heterocycles. The number of anilines is 1. The molecule has 1 atom stereocenters. The van der Waals surface area contributed by atoms with Crippen LogP contribution in [0, 0.1) is 11.3 Å². The second-order valence-electron chi connectivity index (χ2n) is 5.00. The Morgan fingerprint density at radius 2 is 2.21 bits per heavy atom. The summed E-state index contributed by atoms with van der Waals surface area (Å²) in [6, 6.07) is 8.32. The second-order valence-corrected chi connectivity index (χ2v) is 5.86. The molecule has 1 amide bonds. The molecule has 2 heterocycles. The third-order valence-electron chi connectivity index (χ3n) is 3.93. The number of rotatable bonds is 1. The molecule has 2 aliphatic rings. The quantitative estimate of drug-likeness (QED) is 0.796. The maximum atomic E-state index is 11.7. The highest BCUT2D eigenvalue weighted by Crippen LogP contribution is 2.29. The van der Waals surface area contributed by atoms with Gasteiger partial charge in [0.2, 0.25) is 5.91 Å². The Kier molecular flexibility index (Phi) is 3.19. The van der Waals surface area contributed by atoms with E-state index < -0.39 is 0 Å². The fourth-order valence-electron chi connectivity index (χ4n) is 2.89. The van der Waals surface area contributed by atoms with Crippen LogP contribution in [0.5, 0.6) is 0 Å². The molecule has 1 aromatic carbocycles. The molecule has 4 nitrogen and oxygen atoms in total. The van der Waals surface area contributed by atoms with Crippen LogP contribution in [0.2, 0.25) is 0 Å². The molecule has 2 fully saturated rings. The first kappa shape index (κ1) is 12.5. The summed E-state index contributed by atoms with van der Waals surface area (Å²) in [5, 5.41) is 8.93. The highest BCUT2D eigenvalue weighted by molar-refractivity contribution is 9.10. The van der Waals surface area contributed by atoms with Crippen LogP contribution in [0.25, 0.3) is 0 Å². The van der Waals surface area contributed by atoms with Crippen LogP contribution >= 0.6 is 15.9 Å². The Balaban J connectivity index is 1.79.